The molecular formula is C20H20BrN3O3S. The number of carbonyl (C=O) groups excluding carboxylic acids is 1. The third kappa shape index (κ3) is 4.88. The first-order valence-corrected chi connectivity index (χ1v) is 11.3. The third-order valence-electron chi connectivity index (χ3n) is 4.28. The molecule has 0 radical (unpaired) electrons. The predicted octanol–water partition coefficient (Wildman–Crippen LogP) is 4.17. The highest BCUT2D eigenvalue weighted by Gasteiger charge is 2.15. The number of fused-ring (bicyclic) bond motifs is 1. The fourth-order valence-corrected chi connectivity index (χ4v) is 3.85. The Kier molecular flexibility index (Phi) is 5.71. The summed E-state index contributed by atoms with van der Waals surface area (Å²) in [5.74, 6) is -0.270. The Balaban J connectivity index is 1.77. The lowest BCUT2D eigenvalue weighted by molar-refractivity contribution is 0.0935. The molecule has 0 saturated heterocycles. The van der Waals surface area contributed by atoms with Crippen LogP contribution < -0.4 is 10.0 Å². The van der Waals surface area contributed by atoms with E-state index in [1.807, 2.05) is 44.2 Å². The summed E-state index contributed by atoms with van der Waals surface area (Å²) in [4.78, 5) is 17.0. The molecule has 1 aromatic heterocycles. The Hall–Kier alpha value is -2.45. The second kappa shape index (κ2) is 7.89. The van der Waals surface area contributed by atoms with E-state index in [9.17, 15) is 13.2 Å². The van der Waals surface area contributed by atoms with Crippen molar-refractivity contribution >= 4 is 48.5 Å². The van der Waals surface area contributed by atoms with Gasteiger partial charge in [0.05, 0.1) is 23.5 Å². The zero-order valence-corrected chi connectivity index (χ0v) is 18.1. The number of nitrogens with one attached hydrogen (secondary N) is 2. The van der Waals surface area contributed by atoms with Gasteiger partial charge in [-0.3, -0.25) is 9.52 Å². The number of aromatic nitrogens is 1. The van der Waals surface area contributed by atoms with Gasteiger partial charge in [-0.1, -0.05) is 34.1 Å². The summed E-state index contributed by atoms with van der Waals surface area (Å²) in [6.07, 6.45) is 1.11. The molecule has 0 aliphatic carbocycles. The van der Waals surface area contributed by atoms with Crippen LogP contribution in [0.3, 0.4) is 0 Å². The topological polar surface area (TPSA) is 88.2 Å². The van der Waals surface area contributed by atoms with Crippen molar-refractivity contribution < 1.29 is 13.2 Å². The first kappa shape index (κ1) is 20.3. The van der Waals surface area contributed by atoms with Crippen LogP contribution in [-0.2, 0) is 10.0 Å². The van der Waals surface area contributed by atoms with E-state index >= 15 is 0 Å². The zero-order chi connectivity index (χ0) is 20.5. The number of carbonyl (C=O) groups is 1. The first-order valence-electron chi connectivity index (χ1n) is 8.58. The van der Waals surface area contributed by atoms with E-state index < -0.39 is 10.0 Å². The van der Waals surface area contributed by atoms with Crippen molar-refractivity contribution in [2.45, 2.75) is 19.9 Å². The fourth-order valence-electron chi connectivity index (χ4n) is 2.85. The van der Waals surface area contributed by atoms with E-state index in [-0.39, 0.29) is 11.9 Å². The average Bonchev–Trinajstić information content (AvgIpc) is 2.61. The number of nitrogens with zero attached hydrogens (tertiary/aromatic N) is 1. The number of rotatable bonds is 5. The second-order valence-corrected chi connectivity index (χ2v) is 9.34. The molecule has 0 saturated carbocycles. The highest BCUT2D eigenvalue weighted by atomic mass is 79.9. The van der Waals surface area contributed by atoms with Gasteiger partial charge in [-0.05, 0) is 55.3 Å². The van der Waals surface area contributed by atoms with Gasteiger partial charge < -0.3 is 5.32 Å². The molecule has 0 aliphatic rings. The van der Waals surface area contributed by atoms with Crippen LogP contribution in [0.5, 0.6) is 0 Å². The highest BCUT2D eigenvalue weighted by Crippen LogP contribution is 2.22. The normalized spacial score (nSPS) is 12.6. The Labute approximate surface area is 172 Å². The van der Waals surface area contributed by atoms with Gasteiger partial charge in [0, 0.05) is 9.86 Å². The van der Waals surface area contributed by atoms with Crippen LogP contribution >= 0.6 is 15.9 Å². The summed E-state index contributed by atoms with van der Waals surface area (Å²) in [5.41, 5.74) is 3.25. The highest BCUT2D eigenvalue weighted by molar-refractivity contribution is 9.10. The molecule has 1 unspecified atom stereocenters. The minimum Gasteiger partial charge on any atom is -0.344 e. The molecule has 1 heterocycles. The van der Waals surface area contributed by atoms with Crippen LogP contribution in [0.15, 0.2) is 53.0 Å². The number of amides is 1. The molecule has 2 N–H and O–H groups in total. The predicted molar refractivity (Wildman–Crippen MR) is 115 cm³/mol. The van der Waals surface area contributed by atoms with Gasteiger partial charge in [-0.2, -0.15) is 0 Å². The van der Waals surface area contributed by atoms with Crippen molar-refractivity contribution in [2.24, 2.45) is 0 Å². The summed E-state index contributed by atoms with van der Waals surface area (Å²) >= 11 is 3.42. The van der Waals surface area contributed by atoms with E-state index in [4.69, 9.17) is 0 Å². The maximum absolute atomic E-state index is 12.6. The van der Waals surface area contributed by atoms with Gasteiger partial charge in [-0.25, -0.2) is 13.4 Å². The van der Waals surface area contributed by atoms with E-state index in [2.05, 4.69) is 31.0 Å². The molecule has 3 aromatic rings. The molecule has 0 bridgehead atoms. The van der Waals surface area contributed by atoms with Crippen LogP contribution in [0.1, 0.15) is 34.6 Å². The molecule has 0 fully saturated rings. The third-order valence-corrected chi connectivity index (χ3v) is 5.36. The Morgan fingerprint density at radius 2 is 1.86 bits per heavy atom. The maximum atomic E-state index is 12.6. The number of hydrogen-bond donors (Lipinski definition) is 2. The first-order chi connectivity index (χ1) is 13.1. The van der Waals surface area contributed by atoms with Crippen molar-refractivity contribution in [3.8, 4) is 0 Å². The van der Waals surface area contributed by atoms with Crippen molar-refractivity contribution in [3.63, 3.8) is 0 Å². The molecule has 146 valence electrons. The zero-order valence-electron chi connectivity index (χ0n) is 15.7. The number of aryl methyl sites for hydroxylation is 1. The molecule has 28 heavy (non-hydrogen) atoms. The van der Waals surface area contributed by atoms with E-state index in [1.54, 1.807) is 18.2 Å². The van der Waals surface area contributed by atoms with Gasteiger partial charge in [-0.15, -0.1) is 0 Å². The quantitative estimate of drug-likeness (QED) is 0.596. The van der Waals surface area contributed by atoms with E-state index in [1.165, 1.54) is 0 Å². The van der Waals surface area contributed by atoms with Crippen LogP contribution in [-0.4, -0.2) is 25.6 Å². The van der Waals surface area contributed by atoms with Crippen LogP contribution in [0.2, 0.25) is 0 Å². The maximum Gasteiger partial charge on any atom is 0.270 e. The molecule has 6 nitrogen and oxygen atoms in total. The minimum atomic E-state index is -3.34. The number of benzene rings is 2. The summed E-state index contributed by atoms with van der Waals surface area (Å²) < 4.78 is 26.2. The molecule has 1 amide bonds. The molecule has 1 atom stereocenters. The van der Waals surface area contributed by atoms with Crippen molar-refractivity contribution in [1.29, 1.82) is 0 Å². The Morgan fingerprint density at radius 1 is 1.11 bits per heavy atom. The van der Waals surface area contributed by atoms with Crippen LogP contribution in [0.4, 0.5) is 5.69 Å². The molecule has 8 heteroatoms. The van der Waals surface area contributed by atoms with Crippen molar-refractivity contribution in [2.75, 3.05) is 11.0 Å². The fraction of sp³-hybridized carbons (Fsp3) is 0.200. The number of halogens is 1. The van der Waals surface area contributed by atoms with Gasteiger partial charge in [0.15, 0.2) is 0 Å². The number of pyridine rings is 1. The number of hydrogen-bond acceptors (Lipinski definition) is 4. The van der Waals surface area contributed by atoms with Crippen LogP contribution in [0, 0.1) is 6.92 Å². The SMILES string of the molecule is Cc1cc(C(C)NC(=O)c2ccc3cc(Br)ccc3n2)ccc1NS(C)(=O)=O. The molecular weight excluding hydrogens is 442 g/mol. The molecule has 2 aromatic carbocycles. The van der Waals surface area contributed by atoms with E-state index in [0.29, 0.717) is 11.4 Å². The summed E-state index contributed by atoms with van der Waals surface area (Å²) in [7, 11) is -3.34. The standard InChI is InChI=1S/C20H20BrN3O3S/c1-12-10-14(4-7-17(12)24-28(3,26)27)13(2)22-20(25)19-8-5-15-11-16(21)6-9-18(15)23-19/h4-11,13,24H,1-3H3,(H,22,25). The Bertz CT molecular complexity index is 1160. The lowest BCUT2D eigenvalue weighted by atomic mass is 10.0. The van der Waals surface area contributed by atoms with Gasteiger partial charge in [0.25, 0.3) is 5.91 Å². The number of anilines is 1. The second-order valence-electron chi connectivity index (χ2n) is 6.68. The Morgan fingerprint density at radius 3 is 2.54 bits per heavy atom. The molecule has 3 rings (SSSR count). The van der Waals surface area contributed by atoms with Gasteiger partial charge in [0.1, 0.15) is 5.69 Å². The lowest BCUT2D eigenvalue weighted by Gasteiger charge is -2.16. The van der Waals surface area contributed by atoms with Crippen LogP contribution in [0.25, 0.3) is 10.9 Å². The van der Waals surface area contributed by atoms with Crippen molar-refractivity contribution in [3.05, 3.63) is 69.8 Å². The van der Waals surface area contributed by atoms with Gasteiger partial charge >= 0.3 is 0 Å². The van der Waals surface area contributed by atoms with Gasteiger partial charge in [0.2, 0.25) is 10.0 Å². The smallest absolute Gasteiger partial charge is 0.270 e. The summed E-state index contributed by atoms with van der Waals surface area (Å²) in [6, 6.07) is 14.3. The number of sulfonamides is 1. The largest absolute Gasteiger partial charge is 0.344 e. The lowest BCUT2D eigenvalue weighted by Crippen LogP contribution is -2.27. The average molecular weight is 462 g/mol. The summed E-state index contributed by atoms with van der Waals surface area (Å²) in [5, 5.41) is 3.88. The molecule has 0 aliphatic heterocycles. The monoisotopic (exact) mass is 461 g/mol. The molecule has 0 spiro atoms. The minimum absolute atomic E-state index is 0.263. The van der Waals surface area contributed by atoms with Crippen molar-refractivity contribution in [1.82, 2.24) is 10.3 Å². The summed E-state index contributed by atoms with van der Waals surface area (Å²) in [6.45, 7) is 3.68. The van der Waals surface area contributed by atoms with E-state index in [0.717, 1.165) is 32.8 Å².